The van der Waals surface area contributed by atoms with E-state index in [1.807, 2.05) is 0 Å². The van der Waals surface area contributed by atoms with Crippen molar-refractivity contribution < 1.29 is 53.8 Å². The van der Waals surface area contributed by atoms with Crippen LogP contribution in [0.2, 0.25) is 0 Å². The summed E-state index contributed by atoms with van der Waals surface area (Å²) >= 11 is 0. The van der Waals surface area contributed by atoms with Gasteiger partial charge in [0.05, 0.1) is 5.56 Å². The van der Waals surface area contributed by atoms with Crippen LogP contribution in [0.1, 0.15) is 0 Å². The molecule has 0 aliphatic heterocycles. The number of hydrogen-bond donors (Lipinski definition) is 1. The van der Waals surface area contributed by atoms with Crippen molar-refractivity contribution in [2.75, 3.05) is 0 Å². The van der Waals surface area contributed by atoms with E-state index in [1.54, 1.807) is 0 Å². The Kier molecular flexibility index (Phi) is 6.55. The zero-order valence-electron chi connectivity index (χ0n) is 18.9. The molecule has 5 rings (SSSR count). The molecule has 5 aromatic carbocycles. The average Bonchev–Trinajstić information content (AvgIpc) is 2.93. The van der Waals surface area contributed by atoms with Gasteiger partial charge in [-0.3, -0.25) is 0 Å². The van der Waals surface area contributed by atoms with Crippen LogP contribution in [0, 0.1) is 52.4 Å². The minimum atomic E-state index is -2.84. The maximum atomic E-state index is 14.8. The molecule has 1 N–H and O–H groups in total. The number of fused-ring (bicyclic) bond motifs is 2. The molecule has 0 unspecified atom stereocenters. The predicted molar refractivity (Wildman–Crippen MR) is 122 cm³/mol. The van der Waals surface area contributed by atoms with Crippen LogP contribution in [0.4, 0.5) is 39.5 Å². The van der Waals surface area contributed by atoms with E-state index in [0.717, 1.165) is 12.1 Å². The fourth-order valence-electron chi connectivity index (χ4n) is 4.04. The summed E-state index contributed by atoms with van der Waals surface area (Å²) in [6.07, 6.45) is 0. The Morgan fingerprint density at radius 2 is 1.10 bits per heavy atom. The Bertz CT molecular complexity index is 1780. The van der Waals surface area contributed by atoms with Crippen molar-refractivity contribution in [2.45, 2.75) is 0 Å². The van der Waals surface area contributed by atoms with Gasteiger partial charge in [0, 0.05) is 16.2 Å². The number of benzene rings is 5. The Morgan fingerprint density at radius 3 is 1.79 bits per heavy atom. The van der Waals surface area contributed by atoms with Gasteiger partial charge in [-0.15, -0.1) is 0 Å². The molecule has 0 aliphatic carbocycles. The lowest BCUT2D eigenvalue weighted by atomic mass is 10.0. The Morgan fingerprint density at radius 1 is 0.513 bits per heavy atom. The van der Waals surface area contributed by atoms with E-state index in [0.29, 0.717) is 12.1 Å². The summed E-state index contributed by atoms with van der Waals surface area (Å²) in [5.41, 5.74) is -1.20. The van der Waals surface area contributed by atoms with Crippen LogP contribution in [0.3, 0.4) is 0 Å². The predicted octanol–water partition coefficient (Wildman–Crippen LogP) is 7.35. The topological polar surface area (TPSA) is 38.7 Å². The summed E-state index contributed by atoms with van der Waals surface area (Å²) in [6, 6.07) is 9.79. The fraction of sp³-hybridized carbons (Fsp3) is 0. The maximum absolute atomic E-state index is 14.8. The quantitative estimate of drug-likeness (QED) is 0.0816. The summed E-state index contributed by atoms with van der Waals surface area (Å²) in [5.74, 6) is -19.8. The van der Waals surface area contributed by atoms with E-state index < -0.39 is 92.9 Å². The first kappa shape index (κ1) is 26.2. The van der Waals surface area contributed by atoms with Gasteiger partial charge in [-0.2, -0.15) is 8.78 Å². The zero-order chi connectivity index (χ0) is 28.2. The number of rotatable bonds is 5. The van der Waals surface area contributed by atoms with Gasteiger partial charge < -0.3 is 14.3 Å². The smallest absolute Gasteiger partial charge is 0.498 e. The molecule has 0 spiro atoms. The molecule has 13 heteroatoms. The second-order valence-corrected chi connectivity index (χ2v) is 8.12. The molecule has 0 bridgehead atoms. The van der Waals surface area contributed by atoms with Crippen molar-refractivity contribution in [2.24, 2.45) is 0 Å². The van der Waals surface area contributed by atoms with Gasteiger partial charge in [-0.1, -0.05) is 36.4 Å². The minimum Gasteiger partial charge on any atom is -0.498 e. The molecule has 198 valence electrons. The zero-order valence-corrected chi connectivity index (χ0v) is 18.9. The molecule has 0 aliphatic rings. The summed E-state index contributed by atoms with van der Waals surface area (Å²) in [6.45, 7) is 0. The second kappa shape index (κ2) is 9.73. The van der Waals surface area contributed by atoms with E-state index in [2.05, 4.69) is 0 Å². The Hall–Kier alpha value is -4.39. The SMILES string of the molecule is OB(Oc1c(F)c(F)c(F)c(F)c1-c1ccccc1)Oc1c(F)c(F)c(F)c2cc3c(F)c(F)ccc3cc12. The molecule has 3 nitrogen and oxygen atoms in total. The summed E-state index contributed by atoms with van der Waals surface area (Å²) < 4.78 is 138. The molecule has 5 aromatic rings. The first-order valence-corrected chi connectivity index (χ1v) is 10.8. The molecule has 0 atom stereocenters. The van der Waals surface area contributed by atoms with Crippen molar-refractivity contribution in [3.05, 3.63) is 107 Å². The van der Waals surface area contributed by atoms with Crippen molar-refractivity contribution in [3.8, 4) is 22.6 Å². The third-order valence-electron chi connectivity index (χ3n) is 5.83. The maximum Gasteiger partial charge on any atom is 0.785 e. The Labute approximate surface area is 212 Å². The van der Waals surface area contributed by atoms with Crippen LogP contribution in [-0.2, 0) is 0 Å². The van der Waals surface area contributed by atoms with Gasteiger partial charge in [-0.25, -0.2) is 30.7 Å². The largest absolute Gasteiger partial charge is 0.785 e. The second-order valence-electron chi connectivity index (χ2n) is 8.12. The summed E-state index contributed by atoms with van der Waals surface area (Å²) in [4.78, 5) is 0. The van der Waals surface area contributed by atoms with Crippen LogP contribution in [-0.4, -0.2) is 12.3 Å². The molecule has 0 aromatic heterocycles. The summed E-state index contributed by atoms with van der Waals surface area (Å²) in [7, 11) is -2.84. The standard InChI is InChI=1S/C26H10BF9O3/c28-15-7-6-11-8-14-13(9-12(11)17(15)29)18(30)20(32)23(35)25(14)38-27(37)39-26-16(10-4-2-1-3-5-10)19(31)21(33)22(34)24(26)36/h1-9,37H. The fourth-order valence-corrected chi connectivity index (χ4v) is 4.04. The van der Waals surface area contributed by atoms with Crippen LogP contribution < -0.4 is 9.31 Å². The van der Waals surface area contributed by atoms with Gasteiger partial charge in [0.15, 0.2) is 46.4 Å². The molecule has 0 saturated heterocycles. The van der Waals surface area contributed by atoms with E-state index in [9.17, 15) is 44.5 Å². The number of hydrogen-bond acceptors (Lipinski definition) is 3. The van der Waals surface area contributed by atoms with Gasteiger partial charge in [0.25, 0.3) is 0 Å². The third-order valence-corrected chi connectivity index (χ3v) is 5.83. The molecule has 0 fully saturated rings. The monoisotopic (exact) mass is 552 g/mol. The van der Waals surface area contributed by atoms with Crippen molar-refractivity contribution in [1.82, 2.24) is 0 Å². The van der Waals surface area contributed by atoms with Gasteiger partial charge >= 0.3 is 7.32 Å². The molecule has 0 heterocycles. The molecule has 0 radical (unpaired) electrons. The number of halogens is 9. The lowest BCUT2D eigenvalue weighted by Crippen LogP contribution is -2.31. The van der Waals surface area contributed by atoms with Crippen molar-refractivity contribution in [3.63, 3.8) is 0 Å². The van der Waals surface area contributed by atoms with Crippen LogP contribution in [0.5, 0.6) is 11.5 Å². The van der Waals surface area contributed by atoms with Crippen LogP contribution in [0.25, 0.3) is 32.7 Å². The van der Waals surface area contributed by atoms with E-state index >= 15 is 0 Å². The first-order valence-electron chi connectivity index (χ1n) is 10.8. The van der Waals surface area contributed by atoms with Crippen LogP contribution >= 0.6 is 0 Å². The van der Waals surface area contributed by atoms with Gasteiger partial charge in [0.1, 0.15) is 0 Å². The van der Waals surface area contributed by atoms with Gasteiger partial charge in [0.2, 0.25) is 17.5 Å². The highest BCUT2D eigenvalue weighted by Crippen LogP contribution is 2.40. The van der Waals surface area contributed by atoms with Crippen LogP contribution in [0.15, 0.2) is 54.6 Å². The molecule has 39 heavy (non-hydrogen) atoms. The lowest BCUT2D eigenvalue weighted by Gasteiger charge is -2.18. The van der Waals surface area contributed by atoms with E-state index in [1.165, 1.54) is 30.3 Å². The van der Waals surface area contributed by atoms with Crippen molar-refractivity contribution in [1.29, 1.82) is 0 Å². The molecular weight excluding hydrogens is 542 g/mol. The molecule has 0 amide bonds. The minimum absolute atomic E-state index is 0.118. The first-order chi connectivity index (χ1) is 18.5. The highest BCUT2D eigenvalue weighted by molar-refractivity contribution is 6.37. The highest BCUT2D eigenvalue weighted by Gasteiger charge is 2.34. The normalized spacial score (nSPS) is 11.3. The van der Waals surface area contributed by atoms with E-state index in [-0.39, 0.29) is 10.9 Å². The molecular formula is C26H10BF9O3. The van der Waals surface area contributed by atoms with E-state index in [4.69, 9.17) is 9.31 Å². The third kappa shape index (κ3) is 4.28. The highest BCUT2D eigenvalue weighted by atomic mass is 19.2. The lowest BCUT2D eigenvalue weighted by molar-refractivity contribution is 0.278. The Balaban J connectivity index is 1.63. The molecule has 0 saturated carbocycles. The summed E-state index contributed by atoms with van der Waals surface area (Å²) in [5, 5.41) is 8.28. The van der Waals surface area contributed by atoms with Gasteiger partial charge in [-0.05, 0) is 29.1 Å². The van der Waals surface area contributed by atoms with Crippen molar-refractivity contribution >= 4 is 28.9 Å². The average molecular weight is 552 g/mol.